The smallest absolute Gasteiger partial charge is 0.152 e. The molecule has 1 saturated heterocycles. The summed E-state index contributed by atoms with van der Waals surface area (Å²) in [6.07, 6.45) is 6.12. The summed E-state index contributed by atoms with van der Waals surface area (Å²) in [5.74, 6) is 1.37. The summed E-state index contributed by atoms with van der Waals surface area (Å²) in [7, 11) is 0. The lowest BCUT2D eigenvalue weighted by molar-refractivity contribution is 0.389. The van der Waals surface area contributed by atoms with E-state index in [4.69, 9.17) is 0 Å². The Morgan fingerprint density at radius 2 is 2.30 bits per heavy atom. The van der Waals surface area contributed by atoms with Crippen molar-refractivity contribution in [2.75, 3.05) is 11.9 Å². The van der Waals surface area contributed by atoms with Gasteiger partial charge < -0.3 is 10.6 Å². The van der Waals surface area contributed by atoms with Gasteiger partial charge in [0.2, 0.25) is 0 Å². The molecule has 0 amide bonds. The van der Waals surface area contributed by atoms with Gasteiger partial charge in [-0.1, -0.05) is 13.8 Å². The molecule has 1 fully saturated rings. The zero-order chi connectivity index (χ0) is 14.1. The van der Waals surface area contributed by atoms with Gasteiger partial charge in [0.1, 0.15) is 5.52 Å². The maximum absolute atomic E-state index is 4.61. The quantitative estimate of drug-likeness (QED) is 0.901. The Bertz CT molecular complexity index is 589. The van der Waals surface area contributed by atoms with E-state index in [0.717, 1.165) is 23.6 Å². The highest BCUT2D eigenvalue weighted by Gasteiger charge is 2.22. The molecule has 2 atom stereocenters. The van der Waals surface area contributed by atoms with Crippen molar-refractivity contribution in [3.05, 3.63) is 24.2 Å². The summed E-state index contributed by atoms with van der Waals surface area (Å²) in [6.45, 7) is 7.67. The average molecular weight is 273 g/mol. The Labute approximate surface area is 119 Å². The van der Waals surface area contributed by atoms with E-state index in [1.165, 1.54) is 12.8 Å². The molecule has 0 aliphatic carbocycles. The molecule has 2 N–H and O–H groups in total. The molecule has 5 nitrogen and oxygen atoms in total. The van der Waals surface area contributed by atoms with Crippen molar-refractivity contribution in [1.82, 2.24) is 19.9 Å². The minimum absolute atomic E-state index is 0.429. The molecular formula is C15H23N5. The van der Waals surface area contributed by atoms with E-state index in [1.807, 2.05) is 16.9 Å². The summed E-state index contributed by atoms with van der Waals surface area (Å²) in [5, 5.41) is 11.7. The normalized spacial score (nSPS) is 23.4. The molecule has 108 valence electrons. The van der Waals surface area contributed by atoms with Crippen LogP contribution in [0.3, 0.4) is 0 Å². The molecule has 0 radical (unpaired) electrons. The maximum atomic E-state index is 4.61. The van der Waals surface area contributed by atoms with Crippen LogP contribution in [0, 0.1) is 0 Å². The van der Waals surface area contributed by atoms with Gasteiger partial charge in [0.05, 0.1) is 5.69 Å². The SMILES string of the molecule is CC(C)c1cc2c(NC3CCCNC3C)nccn2n1. The van der Waals surface area contributed by atoms with E-state index in [0.29, 0.717) is 18.0 Å². The summed E-state index contributed by atoms with van der Waals surface area (Å²) >= 11 is 0. The van der Waals surface area contributed by atoms with Crippen molar-refractivity contribution in [3.63, 3.8) is 0 Å². The molecule has 1 aliphatic heterocycles. The predicted molar refractivity (Wildman–Crippen MR) is 81.2 cm³/mol. The van der Waals surface area contributed by atoms with Crippen LogP contribution in [0.1, 0.15) is 45.2 Å². The molecule has 3 heterocycles. The van der Waals surface area contributed by atoms with Gasteiger partial charge >= 0.3 is 0 Å². The fourth-order valence-corrected chi connectivity index (χ4v) is 2.75. The standard InChI is InChI=1S/C15H23N5/c1-10(2)13-9-14-15(17-7-8-20(14)19-13)18-12-5-4-6-16-11(12)3/h7-12,16H,4-6H2,1-3H3,(H,17,18). The first-order valence-electron chi connectivity index (χ1n) is 7.49. The van der Waals surface area contributed by atoms with Gasteiger partial charge in [0.15, 0.2) is 5.82 Å². The van der Waals surface area contributed by atoms with Crippen LogP contribution in [-0.2, 0) is 0 Å². The van der Waals surface area contributed by atoms with Gasteiger partial charge in [-0.3, -0.25) is 0 Å². The average Bonchev–Trinajstić information content (AvgIpc) is 2.86. The first kappa shape index (κ1) is 13.4. The minimum atomic E-state index is 0.429. The minimum Gasteiger partial charge on any atom is -0.364 e. The molecule has 2 aromatic heterocycles. The number of hydrogen-bond acceptors (Lipinski definition) is 4. The lowest BCUT2D eigenvalue weighted by Gasteiger charge is -2.31. The van der Waals surface area contributed by atoms with E-state index >= 15 is 0 Å². The van der Waals surface area contributed by atoms with Crippen LogP contribution in [0.15, 0.2) is 18.5 Å². The van der Waals surface area contributed by atoms with Gasteiger partial charge in [-0.05, 0) is 38.3 Å². The fraction of sp³-hybridized carbons (Fsp3) is 0.600. The molecule has 0 aromatic carbocycles. The van der Waals surface area contributed by atoms with Gasteiger partial charge in [0.25, 0.3) is 0 Å². The second kappa shape index (κ2) is 5.40. The first-order valence-corrected chi connectivity index (χ1v) is 7.49. The zero-order valence-electron chi connectivity index (χ0n) is 12.4. The summed E-state index contributed by atoms with van der Waals surface area (Å²) in [6, 6.07) is 3.04. The first-order chi connectivity index (χ1) is 9.65. The molecule has 0 spiro atoms. The highest BCUT2D eigenvalue weighted by Crippen LogP contribution is 2.22. The number of fused-ring (bicyclic) bond motifs is 1. The van der Waals surface area contributed by atoms with Gasteiger partial charge in [-0.25, -0.2) is 9.50 Å². The Morgan fingerprint density at radius 3 is 3.05 bits per heavy atom. The molecule has 20 heavy (non-hydrogen) atoms. The molecule has 0 bridgehead atoms. The number of anilines is 1. The number of nitrogens with one attached hydrogen (secondary N) is 2. The third-order valence-electron chi connectivity index (χ3n) is 4.08. The van der Waals surface area contributed by atoms with Crippen molar-refractivity contribution in [2.24, 2.45) is 0 Å². The van der Waals surface area contributed by atoms with Crippen molar-refractivity contribution >= 4 is 11.3 Å². The molecule has 3 rings (SSSR count). The Hall–Kier alpha value is -1.62. The topological polar surface area (TPSA) is 54.2 Å². The van der Waals surface area contributed by atoms with E-state index in [1.54, 1.807) is 0 Å². The van der Waals surface area contributed by atoms with Crippen molar-refractivity contribution in [3.8, 4) is 0 Å². The van der Waals surface area contributed by atoms with Crippen LogP contribution in [-0.4, -0.2) is 33.2 Å². The van der Waals surface area contributed by atoms with Gasteiger partial charge in [-0.2, -0.15) is 5.10 Å². The highest BCUT2D eigenvalue weighted by molar-refractivity contribution is 5.68. The summed E-state index contributed by atoms with van der Waals surface area (Å²) in [4.78, 5) is 4.51. The number of piperidine rings is 1. The van der Waals surface area contributed by atoms with Crippen LogP contribution in [0.25, 0.3) is 5.52 Å². The van der Waals surface area contributed by atoms with Crippen LogP contribution in [0.5, 0.6) is 0 Å². The molecule has 5 heteroatoms. The fourth-order valence-electron chi connectivity index (χ4n) is 2.75. The number of hydrogen-bond donors (Lipinski definition) is 2. The molecule has 1 aliphatic rings. The van der Waals surface area contributed by atoms with Crippen molar-refractivity contribution < 1.29 is 0 Å². The Balaban J connectivity index is 1.90. The second-order valence-corrected chi connectivity index (χ2v) is 5.97. The van der Waals surface area contributed by atoms with E-state index < -0.39 is 0 Å². The van der Waals surface area contributed by atoms with Crippen LogP contribution < -0.4 is 10.6 Å². The zero-order valence-corrected chi connectivity index (χ0v) is 12.4. The lowest BCUT2D eigenvalue weighted by atomic mass is 10.00. The van der Waals surface area contributed by atoms with Crippen molar-refractivity contribution in [1.29, 1.82) is 0 Å². The predicted octanol–water partition coefficient (Wildman–Crippen LogP) is 2.41. The van der Waals surface area contributed by atoms with Gasteiger partial charge in [-0.15, -0.1) is 0 Å². The highest BCUT2D eigenvalue weighted by atomic mass is 15.2. The van der Waals surface area contributed by atoms with Gasteiger partial charge in [0, 0.05) is 24.5 Å². The number of rotatable bonds is 3. The van der Waals surface area contributed by atoms with Crippen molar-refractivity contribution in [2.45, 2.75) is 51.6 Å². The lowest BCUT2D eigenvalue weighted by Crippen LogP contribution is -2.46. The van der Waals surface area contributed by atoms with Crippen LogP contribution in [0.4, 0.5) is 5.82 Å². The van der Waals surface area contributed by atoms with Crippen LogP contribution in [0.2, 0.25) is 0 Å². The third-order valence-corrected chi connectivity index (χ3v) is 4.08. The second-order valence-electron chi connectivity index (χ2n) is 5.97. The van der Waals surface area contributed by atoms with E-state index in [-0.39, 0.29) is 0 Å². The van der Waals surface area contributed by atoms with Crippen LogP contribution >= 0.6 is 0 Å². The molecule has 2 aromatic rings. The maximum Gasteiger partial charge on any atom is 0.152 e. The largest absolute Gasteiger partial charge is 0.364 e. The third kappa shape index (κ3) is 2.50. The Kier molecular flexibility index (Phi) is 3.61. The molecular weight excluding hydrogens is 250 g/mol. The summed E-state index contributed by atoms with van der Waals surface area (Å²) in [5.41, 5.74) is 2.17. The number of nitrogens with zero attached hydrogens (tertiary/aromatic N) is 3. The molecule has 0 saturated carbocycles. The van der Waals surface area contributed by atoms with E-state index in [9.17, 15) is 0 Å². The molecule has 2 unspecified atom stereocenters. The summed E-state index contributed by atoms with van der Waals surface area (Å²) < 4.78 is 1.92. The monoisotopic (exact) mass is 273 g/mol. The Morgan fingerprint density at radius 1 is 1.45 bits per heavy atom. The van der Waals surface area contributed by atoms with E-state index in [2.05, 4.69) is 47.6 Å². The number of aromatic nitrogens is 3.